The number of nitrogens with zero attached hydrogens (tertiary/aromatic N) is 1. The van der Waals surface area contributed by atoms with Gasteiger partial charge in [-0.3, -0.25) is 0 Å². The molecule has 0 aliphatic carbocycles. The van der Waals surface area contributed by atoms with Crippen molar-refractivity contribution in [2.45, 2.75) is 45.8 Å². The minimum atomic E-state index is -0.575. The van der Waals surface area contributed by atoms with E-state index in [9.17, 15) is 9.59 Å². The van der Waals surface area contributed by atoms with Crippen molar-refractivity contribution >= 4 is 12.1 Å². The summed E-state index contributed by atoms with van der Waals surface area (Å²) >= 11 is 0. The first-order valence-electron chi connectivity index (χ1n) is 8.46. The van der Waals surface area contributed by atoms with E-state index in [1.165, 1.54) is 4.90 Å². The average Bonchev–Trinajstić information content (AvgIpc) is 2.53. The lowest BCUT2D eigenvalue weighted by Crippen LogP contribution is -2.44. The van der Waals surface area contributed by atoms with Crippen LogP contribution in [0, 0.1) is 0 Å². The molecular weight excluding hydrogens is 322 g/mol. The first-order chi connectivity index (χ1) is 11.7. The van der Waals surface area contributed by atoms with E-state index in [2.05, 4.69) is 0 Å². The minimum absolute atomic E-state index is 0.138. The fourth-order valence-electron chi connectivity index (χ4n) is 2.16. The number of benzene rings is 1. The SMILES string of the molecule is CCOC(=O)COC[C@@H](Cc1ccccc1)N(C)C(=O)OC(C)(C)C. The molecule has 0 N–H and O–H groups in total. The second-order valence-corrected chi connectivity index (χ2v) is 6.75. The quantitative estimate of drug-likeness (QED) is 0.674. The molecule has 0 heterocycles. The van der Waals surface area contributed by atoms with Gasteiger partial charge < -0.3 is 19.1 Å². The first kappa shape index (κ1) is 21.0. The summed E-state index contributed by atoms with van der Waals surface area (Å²) in [6, 6.07) is 9.54. The molecule has 0 spiro atoms. The topological polar surface area (TPSA) is 65.1 Å². The van der Waals surface area contributed by atoms with E-state index in [-0.39, 0.29) is 19.3 Å². The van der Waals surface area contributed by atoms with E-state index in [4.69, 9.17) is 14.2 Å². The number of hydrogen-bond donors (Lipinski definition) is 0. The van der Waals surface area contributed by atoms with Crippen LogP contribution in [0.1, 0.15) is 33.3 Å². The lowest BCUT2D eigenvalue weighted by atomic mass is 10.1. The number of ether oxygens (including phenoxy) is 3. The molecule has 0 fully saturated rings. The summed E-state index contributed by atoms with van der Waals surface area (Å²) in [5.41, 5.74) is 0.497. The van der Waals surface area contributed by atoms with Gasteiger partial charge in [-0.1, -0.05) is 30.3 Å². The standard InChI is InChI=1S/C19H29NO5/c1-6-24-17(21)14-23-13-16(12-15-10-8-7-9-11-15)20(5)18(22)25-19(2,3)4/h7-11,16H,6,12-14H2,1-5H3/t16-/m1/s1. The molecule has 6 nitrogen and oxygen atoms in total. The highest BCUT2D eigenvalue weighted by molar-refractivity contribution is 5.70. The van der Waals surface area contributed by atoms with E-state index >= 15 is 0 Å². The highest BCUT2D eigenvalue weighted by Crippen LogP contribution is 2.14. The second-order valence-electron chi connectivity index (χ2n) is 6.75. The maximum absolute atomic E-state index is 12.3. The number of esters is 1. The summed E-state index contributed by atoms with van der Waals surface area (Å²) in [7, 11) is 1.68. The van der Waals surface area contributed by atoms with Crippen molar-refractivity contribution in [2.75, 3.05) is 26.9 Å². The molecule has 0 unspecified atom stereocenters. The van der Waals surface area contributed by atoms with Gasteiger partial charge in [-0.25, -0.2) is 9.59 Å². The van der Waals surface area contributed by atoms with Gasteiger partial charge in [0.1, 0.15) is 12.2 Å². The van der Waals surface area contributed by atoms with Crippen LogP contribution in [0.3, 0.4) is 0 Å². The molecule has 1 amide bonds. The number of carbonyl (C=O) groups excluding carboxylic acids is 2. The lowest BCUT2D eigenvalue weighted by molar-refractivity contribution is -0.148. The highest BCUT2D eigenvalue weighted by Gasteiger charge is 2.26. The highest BCUT2D eigenvalue weighted by atomic mass is 16.6. The molecule has 0 bridgehead atoms. The Hall–Kier alpha value is -2.08. The van der Waals surface area contributed by atoms with E-state index in [0.29, 0.717) is 13.0 Å². The Balaban J connectivity index is 2.72. The molecule has 0 aliphatic heterocycles. The summed E-state index contributed by atoms with van der Waals surface area (Å²) in [6.07, 6.45) is 0.174. The number of carbonyl (C=O) groups is 2. The number of hydrogen-bond acceptors (Lipinski definition) is 5. The third kappa shape index (κ3) is 8.54. The van der Waals surface area contributed by atoms with Crippen LogP contribution < -0.4 is 0 Å². The summed E-state index contributed by atoms with van der Waals surface area (Å²) in [6.45, 7) is 7.59. The molecule has 1 aromatic rings. The van der Waals surface area contributed by atoms with Gasteiger partial charge in [0.05, 0.1) is 19.3 Å². The lowest BCUT2D eigenvalue weighted by Gasteiger charge is -2.30. The largest absolute Gasteiger partial charge is 0.464 e. The molecular formula is C19H29NO5. The van der Waals surface area contributed by atoms with Crippen LogP contribution in [0.25, 0.3) is 0 Å². The zero-order valence-corrected chi connectivity index (χ0v) is 15.8. The normalized spacial score (nSPS) is 12.4. The second kappa shape index (κ2) is 10.0. The Morgan fingerprint density at radius 2 is 1.80 bits per heavy atom. The Labute approximate surface area is 150 Å². The Morgan fingerprint density at radius 1 is 1.16 bits per heavy atom. The zero-order valence-electron chi connectivity index (χ0n) is 15.8. The molecule has 25 heavy (non-hydrogen) atoms. The van der Waals surface area contributed by atoms with Crippen molar-refractivity contribution in [1.82, 2.24) is 4.90 Å². The van der Waals surface area contributed by atoms with Gasteiger partial charge in [-0.05, 0) is 39.7 Å². The van der Waals surface area contributed by atoms with Crippen LogP contribution in [-0.2, 0) is 25.4 Å². The molecule has 0 saturated carbocycles. The van der Waals surface area contributed by atoms with Crippen molar-refractivity contribution in [3.8, 4) is 0 Å². The van der Waals surface area contributed by atoms with Crippen molar-refractivity contribution in [1.29, 1.82) is 0 Å². The maximum Gasteiger partial charge on any atom is 0.410 e. The Morgan fingerprint density at radius 3 is 2.36 bits per heavy atom. The fourth-order valence-corrected chi connectivity index (χ4v) is 2.16. The molecule has 0 aliphatic rings. The van der Waals surface area contributed by atoms with Gasteiger partial charge >= 0.3 is 12.1 Å². The fraction of sp³-hybridized carbons (Fsp3) is 0.579. The number of likely N-dealkylation sites (N-methyl/N-ethyl adjacent to an activating group) is 1. The molecule has 0 aromatic heterocycles. The van der Waals surface area contributed by atoms with Crippen molar-refractivity contribution in [3.05, 3.63) is 35.9 Å². The molecule has 1 atom stereocenters. The summed E-state index contributed by atoms with van der Waals surface area (Å²) in [5.74, 6) is -0.416. The van der Waals surface area contributed by atoms with Gasteiger partial charge in [0.2, 0.25) is 0 Å². The third-order valence-electron chi connectivity index (χ3n) is 3.38. The smallest absolute Gasteiger partial charge is 0.410 e. The minimum Gasteiger partial charge on any atom is -0.464 e. The van der Waals surface area contributed by atoms with Crippen LogP contribution >= 0.6 is 0 Å². The first-order valence-corrected chi connectivity index (χ1v) is 8.46. The summed E-state index contributed by atoms with van der Waals surface area (Å²) < 4.78 is 15.7. The Bertz CT molecular complexity index is 538. The molecule has 6 heteroatoms. The Kier molecular flexibility index (Phi) is 8.41. The van der Waals surface area contributed by atoms with Gasteiger partial charge in [-0.15, -0.1) is 0 Å². The van der Waals surface area contributed by atoms with Crippen LogP contribution in [-0.4, -0.2) is 55.5 Å². The van der Waals surface area contributed by atoms with E-state index in [1.54, 1.807) is 14.0 Å². The van der Waals surface area contributed by atoms with E-state index < -0.39 is 17.7 Å². The summed E-state index contributed by atoms with van der Waals surface area (Å²) in [5, 5.41) is 0. The van der Waals surface area contributed by atoms with E-state index in [0.717, 1.165) is 5.56 Å². The predicted octanol–water partition coefficient (Wildman–Crippen LogP) is 3.04. The molecule has 0 saturated heterocycles. The van der Waals surface area contributed by atoms with Crippen molar-refractivity contribution < 1.29 is 23.8 Å². The van der Waals surface area contributed by atoms with E-state index in [1.807, 2.05) is 51.1 Å². The zero-order chi connectivity index (χ0) is 18.9. The predicted molar refractivity (Wildman–Crippen MR) is 95.4 cm³/mol. The number of rotatable bonds is 8. The van der Waals surface area contributed by atoms with Gasteiger partial charge in [0.25, 0.3) is 0 Å². The molecule has 1 rings (SSSR count). The van der Waals surface area contributed by atoms with Gasteiger partial charge in [0, 0.05) is 7.05 Å². The summed E-state index contributed by atoms with van der Waals surface area (Å²) in [4.78, 5) is 25.3. The monoisotopic (exact) mass is 351 g/mol. The van der Waals surface area contributed by atoms with Crippen molar-refractivity contribution in [3.63, 3.8) is 0 Å². The van der Waals surface area contributed by atoms with Gasteiger partial charge in [0.15, 0.2) is 0 Å². The number of amides is 1. The molecule has 0 radical (unpaired) electrons. The van der Waals surface area contributed by atoms with Crippen LogP contribution in [0.4, 0.5) is 4.79 Å². The average molecular weight is 351 g/mol. The van der Waals surface area contributed by atoms with Crippen LogP contribution in [0.5, 0.6) is 0 Å². The molecule has 1 aromatic carbocycles. The van der Waals surface area contributed by atoms with Crippen LogP contribution in [0.2, 0.25) is 0 Å². The van der Waals surface area contributed by atoms with Crippen LogP contribution in [0.15, 0.2) is 30.3 Å². The third-order valence-corrected chi connectivity index (χ3v) is 3.38. The van der Waals surface area contributed by atoms with Crippen molar-refractivity contribution in [2.24, 2.45) is 0 Å². The maximum atomic E-state index is 12.3. The van der Waals surface area contributed by atoms with Gasteiger partial charge in [-0.2, -0.15) is 0 Å². The molecule has 140 valence electrons.